The molecule has 2 rings (SSSR count). The number of rotatable bonds is 3. The average Bonchev–Trinajstić information content (AvgIpc) is 2.80. The van der Waals surface area contributed by atoms with Gasteiger partial charge in [0.25, 0.3) is 0 Å². The van der Waals surface area contributed by atoms with Crippen LogP contribution in [0.15, 0.2) is 24.3 Å². The molecular weight excluding hydrogens is 258 g/mol. The van der Waals surface area contributed by atoms with Crippen molar-refractivity contribution in [3.63, 3.8) is 0 Å². The molecule has 1 aromatic heterocycles. The molecule has 19 heavy (non-hydrogen) atoms. The summed E-state index contributed by atoms with van der Waals surface area (Å²) < 4.78 is 4.72. The van der Waals surface area contributed by atoms with Crippen LogP contribution in [0.25, 0.3) is 10.6 Å². The average molecular weight is 275 g/mol. The summed E-state index contributed by atoms with van der Waals surface area (Å²) in [5, 5.41) is 0.855. The van der Waals surface area contributed by atoms with Crippen molar-refractivity contribution in [2.75, 3.05) is 7.11 Å². The summed E-state index contributed by atoms with van der Waals surface area (Å²) in [4.78, 5) is 16.8. The van der Waals surface area contributed by atoms with Crippen LogP contribution >= 0.6 is 11.3 Å². The van der Waals surface area contributed by atoms with Crippen LogP contribution in [-0.4, -0.2) is 18.1 Å². The molecule has 1 heterocycles. The number of hydrogen-bond donors (Lipinski definition) is 0. The molecule has 0 bridgehead atoms. The summed E-state index contributed by atoms with van der Waals surface area (Å²) >= 11 is 1.51. The van der Waals surface area contributed by atoms with Crippen LogP contribution in [0.4, 0.5) is 0 Å². The number of hydrogen-bond acceptors (Lipinski definition) is 4. The molecule has 0 N–H and O–H groups in total. The lowest BCUT2D eigenvalue weighted by Crippen LogP contribution is -2.03. The second-order valence-corrected chi connectivity index (χ2v) is 5.90. The molecule has 4 heteroatoms. The van der Waals surface area contributed by atoms with Crippen LogP contribution in [0.3, 0.4) is 0 Å². The molecule has 0 aliphatic carbocycles. The third-order valence-electron chi connectivity index (χ3n) is 3.00. The van der Waals surface area contributed by atoms with E-state index in [1.165, 1.54) is 24.0 Å². The van der Waals surface area contributed by atoms with Gasteiger partial charge >= 0.3 is 5.97 Å². The number of methoxy groups -OCH3 is 1. The number of thiazole rings is 1. The van der Waals surface area contributed by atoms with Gasteiger partial charge in [-0.15, -0.1) is 11.3 Å². The van der Waals surface area contributed by atoms with E-state index in [1.54, 1.807) is 0 Å². The summed E-state index contributed by atoms with van der Waals surface area (Å²) in [6.07, 6.45) is 0. The topological polar surface area (TPSA) is 39.2 Å². The van der Waals surface area contributed by atoms with E-state index < -0.39 is 0 Å². The Morgan fingerprint density at radius 2 is 1.89 bits per heavy atom. The van der Waals surface area contributed by atoms with Crippen molar-refractivity contribution in [1.82, 2.24) is 4.98 Å². The Labute approximate surface area is 117 Å². The van der Waals surface area contributed by atoms with Gasteiger partial charge in [0.15, 0.2) is 5.69 Å². The molecule has 0 aliphatic heterocycles. The van der Waals surface area contributed by atoms with Gasteiger partial charge < -0.3 is 4.74 Å². The van der Waals surface area contributed by atoms with Crippen LogP contribution in [0.5, 0.6) is 0 Å². The zero-order valence-electron chi connectivity index (χ0n) is 11.6. The largest absolute Gasteiger partial charge is 0.464 e. The highest BCUT2D eigenvalue weighted by Gasteiger charge is 2.16. The third kappa shape index (κ3) is 2.84. The monoisotopic (exact) mass is 275 g/mol. The van der Waals surface area contributed by atoms with E-state index >= 15 is 0 Å². The van der Waals surface area contributed by atoms with E-state index in [4.69, 9.17) is 4.74 Å². The first-order valence-electron chi connectivity index (χ1n) is 6.19. The zero-order chi connectivity index (χ0) is 14.0. The van der Waals surface area contributed by atoms with E-state index in [0.717, 1.165) is 15.4 Å². The third-order valence-corrected chi connectivity index (χ3v) is 4.02. The van der Waals surface area contributed by atoms with Crippen molar-refractivity contribution in [3.8, 4) is 10.6 Å². The molecule has 0 saturated heterocycles. The number of carbonyl (C=O) groups is 1. The summed E-state index contributed by atoms with van der Waals surface area (Å²) in [6.45, 7) is 6.21. The molecule has 0 amide bonds. The van der Waals surface area contributed by atoms with E-state index in [0.29, 0.717) is 11.6 Å². The molecule has 100 valence electrons. The molecule has 0 aliphatic rings. The Morgan fingerprint density at radius 3 is 2.42 bits per heavy atom. The van der Waals surface area contributed by atoms with Crippen molar-refractivity contribution < 1.29 is 9.53 Å². The summed E-state index contributed by atoms with van der Waals surface area (Å²) in [6, 6.07) is 8.31. The molecule has 0 radical (unpaired) electrons. The normalized spacial score (nSPS) is 10.8. The van der Waals surface area contributed by atoms with Crippen LogP contribution in [0, 0.1) is 6.92 Å². The molecule has 0 unspecified atom stereocenters. The highest BCUT2D eigenvalue weighted by atomic mass is 32.1. The van der Waals surface area contributed by atoms with Crippen molar-refractivity contribution in [2.24, 2.45) is 0 Å². The number of benzene rings is 1. The number of esters is 1. The molecule has 0 fully saturated rings. The number of aryl methyl sites for hydroxylation is 1. The second kappa shape index (κ2) is 5.53. The lowest BCUT2D eigenvalue weighted by atomic mass is 10.0. The number of aromatic nitrogens is 1. The molecule has 0 atom stereocenters. The summed E-state index contributed by atoms with van der Waals surface area (Å²) in [7, 11) is 1.37. The van der Waals surface area contributed by atoms with Crippen LogP contribution in [0.1, 0.15) is 40.7 Å². The predicted octanol–water partition coefficient (Wildman–Crippen LogP) is 4.03. The number of nitrogens with zero attached hydrogens (tertiary/aromatic N) is 1. The SMILES string of the molecule is COC(=O)c1nc(-c2ccc(C(C)C)cc2)sc1C. The second-order valence-electron chi connectivity index (χ2n) is 4.69. The molecular formula is C15H17NO2S. The fourth-order valence-electron chi connectivity index (χ4n) is 1.82. The number of carbonyl (C=O) groups excluding carboxylic acids is 1. The van der Waals surface area contributed by atoms with E-state index in [1.807, 2.05) is 6.92 Å². The fraction of sp³-hybridized carbons (Fsp3) is 0.333. The smallest absolute Gasteiger partial charge is 0.357 e. The molecule has 0 saturated carbocycles. The van der Waals surface area contributed by atoms with E-state index in [-0.39, 0.29) is 5.97 Å². The van der Waals surface area contributed by atoms with Crippen LogP contribution < -0.4 is 0 Å². The highest BCUT2D eigenvalue weighted by molar-refractivity contribution is 7.15. The van der Waals surface area contributed by atoms with Crippen molar-refractivity contribution in [1.29, 1.82) is 0 Å². The summed E-state index contributed by atoms with van der Waals surface area (Å²) in [5.41, 5.74) is 2.74. The lowest BCUT2D eigenvalue weighted by Gasteiger charge is -2.05. The Bertz CT molecular complexity index is 585. The van der Waals surface area contributed by atoms with E-state index in [9.17, 15) is 4.79 Å². The first-order chi connectivity index (χ1) is 9.02. The molecule has 2 aromatic rings. The lowest BCUT2D eigenvalue weighted by molar-refractivity contribution is 0.0594. The maximum Gasteiger partial charge on any atom is 0.357 e. The fourth-order valence-corrected chi connectivity index (χ4v) is 2.72. The van der Waals surface area contributed by atoms with Gasteiger partial charge in [0.2, 0.25) is 0 Å². The van der Waals surface area contributed by atoms with Crippen molar-refractivity contribution >= 4 is 17.3 Å². The van der Waals surface area contributed by atoms with Gasteiger partial charge in [-0.2, -0.15) is 0 Å². The van der Waals surface area contributed by atoms with Crippen LogP contribution in [0.2, 0.25) is 0 Å². The predicted molar refractivity (Wildman–Crippen MR) is 77.7 cm³/mol. The Hall–Kier alpha value is -1.68. The molecule has 1 aromatic carbocycles. The maximum atomic E-state index is 11.5. The minimum atomic E-state index is -0.376. The molecule has 3 nitrogen and oxygen atoms in total. The Kier molecular flexibility index (Phi) is 4.00. The Balaban J connectivity index is 2.34. The van der Waals surface area contributed by atoms with Gasteiger partial charge in [-0.05, 0) is 18.4 Å². The number of ether oxygens (including phenoxy) is 1. The first-order valence-corrected chi connectivity index (χ1v) is 7.00. The minimum absolute atomic E-state index is 0.376. The van der Waals surface area contributed by atoms with E-state index in [2.05, 4.69) is 43.1 Å². The van der Waals surface area contributed by atoms with Gasteiger partial charge in [-0.3, -0.25) is 0 Å². The standard InChI is InChI=1S/C15H17NO2S/c1-9(2)11-5-7-12(8-6-11)14-16-13(10(3)19-14)15(17)18-4/h5-9H,1-4H3. The summed E-state index contributed by atoms with van der Waals surface area (Å²) in [5.74, 6) is 0.136. The van der Waals surface area contributed by atoms with Gasteiger partial charge in [-0.1, -0.05) is 38.1 Å². The van der Waals surface area contributed by atoms with Gasteiger partial charge in [0.1, 0.15) is 5.01 Å². The Morgan fingerprint density at radius 1 is 1.26 bits per heavy atom. The zero-order valence-corrected chi connectivity index (χ0v) is 12.4. The van der Waals surface area contributed by atoms with Gasteiger partial charge in [-0.25, -0.2) is 9.78 Å². The van der Waals surface area contributed by atoms with Gasteiger partial charge in [0.05, 0.1) is 7.11 Å². The van der Waals surface area contributed by atoms with Crippen molar-refractivity contribution in [3.05, 3.63) is 40.4 Å². The van der Waals surface area contributed by atoms with Crippen molar-refractivity contribution in [2.45, 2.75) is 26.7 Å². The quantitative estimate of drug-likeness (QED) is 0.794. The first kappa shape index (κ1) is 13.7. The minimum Gasteiger partial charge on any atom is -0.464 e. The molecule has 0 spiro atoms. The van der Waals surface area contributed by atoms with Gasteiger partial charge in [0, 0.05) is 10.4 Å². The highest BCUT2D eigenvalue weighted by Crippen LogP contribution is 2.29. The van der Waals surface area contributed by atoms with Crippen LogP contribution in [-0.2, 0) is 4.74 Å². The maximum absolute atomic E-state index is 11.5.